The molecular weight excluding hydrogens is 498 g/mol. The lowest BCUT2D eigenvalue weighted by molar-refractivity contribution is -0.141. The third-order valence-corrected chi connectivity index (χ3v) is 9.59. The molecule has 0 aromatic heterocycles. The van der Waals surface area contributed by atoms with Crippen LogP contribution in [-0.4, -0.2) is 43.8 Å². The molecule has 0 bridgehead atoms. The number of rotatable bonds is 9. The molecule has 3 aromatic carbocycles. The van der Waals surface area contributed by atoms with Crippen LogP contribution in [0.2, 0.25) is 0 Å². The topological polar surface area (TPSA) is 86.8 Å². The Balaban J connectivity index is 1.30. The van der Waals surface area contributed by atoms with E-state index in [4.69, 9.17) is 0 Å². The van der Waals surface area contributed by atoms with Crippen molar-refractivity contribution >= 4 is 38.3 Å². The lowest BCUT2D eigenvalue weighted by Gasteiger charge is -2.30. The standard InChI is InChI=1S/C30H35N3O4S/c1-21-9-5-10-23(19-21)20-32(22(2)30(35)31-25-13-3-4-14-25)28(34)17-8-18-33-26-15-6-11-24-12-7-16-27(29(24)26)38(33,36)37/h5-7,9-12,15-16,19,22,25H,3-4,8,13-14,17-18,20H2,1-2H3,(H,31,35)/t22-/m1/s1. The summed E-state index contributed by atoms with van der Waals surface area (Å²) in [4.78, 5) is 28.6. The lowest BCUT2D eigenvalue weighted by atomic mass is 10.1. The van der Waals surface area contributed by atoms with E-state index in [1.807, 2.05) is 55.5 Å². The van der Waals surface area contributed by atoms with E-state index in [1.54, 1.807) is 24.0 Å². The van der Waals surface area contributed by atoms with Crippen molar-refractivity contribution in [3.63, 3.8) is 0 Å². The predicted molar refractivity (Wildman–Crippen MR) is 149 cm³/mol. The van der Waals surface area contributed by atoms with Gasteiger partial charge in [0.15, 0.2) is 0 Å². The maximum Gasteiger partial charge on any atom is 0.265 e. The number of hydrogen-bond acceptors (Lipinski definition) is 4. The third kappa shape index (κ3) is 5.14. The van der Waals surface area contributed by atoms with Crippen LogP contribution in [0.3, 0.4) is 0 Å². The van der Waals surface area contributed by atoms with Crippen molar-refractivity contribution < 1.29 is 18.0 Å². The molecule has 1 fully saturated rings. The highest BCUT2D eigenvalue weighted by molar-refractivity contribution is 7.93. The number of carbonyl (C=O) groups is 2. The van der Waals surface area contributed by atoms with Gasteiger partial charge in [0.2, 0.25) is 11.8 Å². The highest BCUT2D eigenvalue weighted by Crippen LogP contribution is 2.42. The molecule has 2 amide bonds. The summed E-state index contributed by atoms with van der Waals surface area (Å²) in [7, 11) is -3.67. The van der Waals surface area contributed by atoms with Crippen molar-refractivity contribution in [2.45, 2.75) is 75.9 Å². The molecular formula is C30H35N3O4S. The number of sulfonamides is 1. The third-order valence-electron chi connectivity index (χ3n) is 7.74. The second-order valence-corrected chi connectivity index (χ2v) is 12.3. The van der Waals surface area contributed by atoms with Gasteiger partial charge in [-0.3, -0.25) is 13.9 Å². The van der Waals surface area contributed by atoms with Crippen LogP contribution < -0.4 is 9.62 Å². The first-order valence-electron chi connectivity index (χ1n) is 13.5. The maximum atomic E-state index is 13.5. The van der Waals surface area contributed by atoms with E-state index in [2.05, 4.69) is 5.32 Å². The van der Waals surface area contributed by atoms with Gasteiger partial charge in [0, 0.05) is 30.9 Å². The van der Waals surface area contributed by atoms with E-state index in [1.165, 1.54) is 4.31 Å². The van der Waals surface area contributed by atoms with E-state index in [-0.39, 0.29) is 30.8 Å². The number of benzene rings is 3. The molecule has 1 aliphatic heterocycles. The van der Waals surface area contributed by atoms with Gasteiger partial charge in [-0.1, -0.05) is 66.9 Å². The van der Waals surface area contributed by atoms with Gasteiger partial charge >= 0.3 is 0 Å². The smallest absolute Gasteiger partial charge is 0.265 e. The molecule has 5 rings (SSSR count). The number of aryl methyl sites for hydroxylation is 1. The zero-order valence-corrected chi connectivity index (χ0v) is 22.8. The fourth-order valence-electron chi connectivity index (χ4n) is 5.70. The Bertz CT molecular complexity index is 1460. The SMILES string of the molecule is Cc1cccc(CN(C(=O)CCCN2c3cccc4cccc(c34)S2(=O)=O)[C@H](C)C(=O)NC2CCCC2)c1. The molecule has 1 atom stereocenters. The Hall–Kier alpha value is -3.39. The quantitative estimate of drug-likeness (QED) is 0.423. The molecule has 0 unspecified atom stereocenters. The predicted octanol–water partition coefficient (Wildman–Crippen LogP) is 4.91. The number of amides is 2. The van der Waals surface area contributed by atoms with Crippen LogP contribution >= 0.6 is 0 Å². The van der Waals surface area contributed by atoms with Crippen molar-refractivity contribution in [3.05, 3.63) is 71.8 Å². The van der Waals surface area contributed by atoms with E-state index >= 15 is 0 Å². The molecule has 0 spiro atoms. The molecule has 0 radical (unpaired) electrons. The molecule has 1 heterocycles. The maximum absolute atomic E-state index is 13.5. The average Bonchev–Trinajstić information content (AvgIpc) is 3.48. The Labute approximate surface area is 224 Å². The van der Waals surface area contributed by atoms with Gasteiger partial charge in [0.05, 0.1) is 10.6 Å². The van der Waals surface area contributed by atoms with Gasteiger partial charge in [-0.25, -0.2) is 8.42 Å². The molecule has 3 aromatic rings. The summed E-state index contributed by atoms with van der Waals surface area (Å²) in [5.41, 5.74) is 2.71. The number of nitrogens with one attached hydrogen (secondary N) is 1. The summed E-state index contributed by atoms with van der Waals surface area (Å²) < 4.78 is 28.0. The van der Waals surface area contributed by atoms with E-state index in [9.17, 15) is 18.0 Å². The monoisotopic (exact) mass is 533 g/mol. The van der Waals surface area contributed by atoms with Crippen LogP contribution in [0.15, 0.2) is 65.6 Å². The van der Waals surface area contributed by atoms with Gasteiger partial charge in [-0.05, 0) is 56.2 Å². The minimum absolute atomic E-state index is 0.137. The second-order valence-electron chi connectivity index (χ2n) is 10.5. The number of carbonyl (C=O) groups excluding carboxylic acids is 2. The molecule has 1 N–H and O–H groups in total. The van der Waals surface area contributed by atoms with Crippen LogP contribution in [0.1, 0.15) is 56.6 Å². The molecule has 7 nitrogen and oxygen atoms in total. The molecule has 2 aliphatic rings. The van der Waals surface area contributed by atoms with Crippen LogP contribution in [0, 0.1) is 6.92 Å². The van der Waals surface area contributed by atoms with Crippen LogP contribution in [0.25, 0.3) is 10.8 Å². The van der Waals surface area contributed by atoms with Crippen LogP contribution in [-0.2, 0) is 26.2 Å². The molecule has 1 aliphatic carbocycles. The average molecular weight is 534 g/mol. The minimum Gasteiger partial charge on any atom is -0.352 e. The first-order chi connectivity index (χ1) is 18.3. The molecule has 8 heteroatoms. The first kappa shape index (κ1) is 26.2. The summed E-state index contributed by atoms with van der Waals surface area (Å²) in [5.74, 6) is -0.296. The van der Waals surface area contributed by atoms with Gasteiger partial charge in [-0.2, -0.15) is 0 Å². The van der Waals surface area contributed by atoms with Crippen LogP contribution in [0.5, 0.6) is 0 Å². The number of anilines is 1. The summed E-state index contributed by atoms with van der Waals surface area (Å²) in [6.45, 7) is 4.30. The normalized spacial score (nSPS) is 17.1. The minimum atomic E-state index is -3.67. The van der Waals surface area contributed by atoms with Crippen molar-refractivity contribution in [3.8, 4) is 0 Å². The van der Waals surface area contributed by atoms with Crippen molar-refractivity contribution in [2.24, 2.45) is 0 Å². The second kappa shape index (κ2) is 10.8. The summed E-state index contributed by atoms with van der Waals surface area (Å²) in [6.07, 6.45) is 4.67. The fraction of sp³-hybridized carbons (Fsp3) is 0.400. The molecule has 200 valence electrons. The van der Waals surface area contributed by atoms with Crippen molar-refractivity contribution in [1.82, 2.24) is 10.2 Å². The van der Waals surface area contributed by atoms with Crippen molar-refractivity contribution in [2.75, 3.05) is 10.8 Å². The van der Waals surface area contributed by atoms with E-state index in [0.29, 0.717) is 23.5 Å². The first-order valence-corrected chi connectivity index (χ1v) is 14.9. The van der Waals surface area contributed by atoms with Gasteiger partial charge in [0.25, 0.3) is 10.0 Å². The molecule has 38 heavy (non-hydrogen) atoms. The zero-order valence-electron chi connectivity index (χ0n) is 22.0. The Morgan fingerprint density at radius 2 is 1.76 bits per heavy atom. The fourth-order valence-corrected chi connectivity index (χ4v) is 7.45. The Kier molecular flexibility index (Phi) is 7.43. The van der Waals surface area contributed by atoms with Gasteiger partial charge in [0.1, 0.15) is 6.04 Å². The molecule has 1 saturated carbocycles. The van der Waals surface area contributed by atoms with Gasteiger partial charge in [-0.15, -0.1) is 0 Å². The highest BCUT2D eigenvalue weighted by atomic mass is 32.2. The Morgan fingerprint density at radius 1 is 1.05 bits per heavy atom. The summed E-state index contributed by atoms with van der Waals surface area (Å²) >= 11 is 0. The summed E-state index contributed by atoms with van der Waals surface area (Å²) in [6, 6.07) is 18.4. The molecule has 0 saturated heterocycles. The zero-order chi connectivity index (χ0) is 26.9. The number of nitrogens with zero attached hydrogens (tertiary/aromatic N) is 2. The van der Waals surface area contributed by atoms with Crippen LogP contribution in [0.4, 0.5) is 5.69 Å². The number of hydrogen-bond donors (Lipinski definition) is 1. The largest absolute Gasteiger partial charge is 0.352 e. The highest BCUT2D eigenvalue weighted by Gasteiger charge is 2.35. The van der Waals surface area contributed by atoms with E-state index in [0.717, 1.165) is 47.6 Å². The van der Waals surface area contributed by atoms with Crippen molar-refractivity contribution in [1.29, 1.82) is 0 Å². The van der Waals surface area contributed by atoms with E-state index < -0.39 is 16.1 Å². The summed E-state index contributed by atoms with van der Waals surface area (Å²) in [5, 5.41) is 4.74. The van der Waals surface area contributed by atoms with Gasteiger partial charge < -0.3 is 10.2 Å². The lowest BCUT2D eigenvalue weighted by Crippen LogP contribution is -2.49. The Morgan fingerprint density at radius 3 is 2.50 bits per heavy atom.